The molecule has 1 saturated heterocycles. The molecule has 1 aliphatic heterocycles. The fraction of sp³-hybridized carbons (Fsp3) is 0.471. The van der Waals surface area contributed by atoms with Crippen molar-refractivity contribution in [2.24, 2.45) is 0 Å². The van der Waals surface area contributed by atoms with Crippen molar-refractivity contribution in [1.82, 2.24) is 24.5 Å². The van der Waals surface area contributed by atoms with Crippen LogP contribution < -0.4 is 5.32 Å². The van der Waals surface area contributed by atoms with E-state index in [9.17, 15) is 14.4 Å². The lowest BCUT2D eigenvalue weighted by Crippen LogP contribution is -2.41. The van der Waals surface area contributed by atoms with Gasteiger partial charge in [-0.15, -0.1) is 0 Å². The van der Waals surface area contributed by atoms with Gasteiger partial charge in [0.25, 0.3) is 11.8 Å². The lowest BCUT2D eigenvalue weighted by atomic mass is 10.2. The number of hydrogen-bond acceptors (Lipinski definition) is 6. The number of amides is 2. The molecule has 0 aromatic carbocycles. The molecule has 0 bridgehead atoms. The molecule has 0 saturated carbocycles. The number of nitrogens with one attached hydrogen (secondary N) is 1. The number of aromatic nitrogens is 4. The highest BCUT2D eigenvalue weighted by Gasteiger charge is 2.26. The number of nitrogens with zero attached hydrogens (tertiary/aromatic N) is 5. The maximum absolute atomic E-state index is 12.9. The molecule has 2 N–H and O–H groups in total. The Morgan fingerprint density at radius 3 is 2.71 bits per heavy atom. The predicted molar refractivity (Wildman–Crippen MR) is 97.1 cm³/mol. The summed E-state index contributed by atoms with van der Waals surface area (Å²) in [7, 11) is 0. The number of aliphatic carboxylic acids is 1. The van der Waals surface area contributed by atoms with Gasteiger partial charge in [0, 0.05) is 25.8 Å². The first-order valence-electron chi connectivity index (χ1n) is 8.99. The summed E-state index contributed by atoms with van der Waals surface area (Å²) < 4.78 is 8.21. The lowest BCUT2D eigenvalue weighted by Gasteiger charge is -2.27. The third-order valence-corrected chi connectivity index (χ3v) is 4.32. The van der Waals surface area contributed by atoms with Gasteiger partial charge in [-0.2, -0.15) is 10.2 Å². The van der Waals surface area contributed by atoms with Crippen molar-refractivity contribution in [2.75, 3.05) is 31.6 Å². The molecule has 11 heteroatoms. The molecule has 2 aromatic rings. The Bertz CT molecular complexity index is 867. The van der Waals surface area contributed by atoms with E-state index in [-0.39, 0.29) is 24.6 Å². The summed E-state index contributed by atoms with van der Waals surface area (Å²) in [4.78, 5) is 37.8. The lowest BCUT2D eigenvalue weighted by molar-refractivity contribution is -0.137. The van der Waals surface area contributed by atoms with E-state index in [1.54, 1.807) is 9.58 Å². The molecule has 1 fully saturated rings. The second-order valence-corrected chi connectivity index (χ2v) is 6.19. The van der Waals surface area contributed by atoms with Crippen LogP contribution in [-0.2, 0) is 22.6 Å². The van der Waals surface area contributed by atoms with Gasteiger partial charge in [0.2, 0.25) is 0 Å². The van der Waals surface area contributed by atoms with Crippen molar-refractivity contribution < 1.29 is 24.2 Å². The van der Waals surface area contributed by atoms with E-state index in [4.69, 9.17) is 9.84 Å². The zero-order chi connectivity index (χ0) is 20.1. The van der Waals surface area contributed by atoms with Crippen molar-refractivity contribution in [3.8, 4) is 0 Å². The smallest absolute Gasteiger partial charge is 0.305 e. The number of carboxylic acids is 1. The summed E-state index contributed by atoms with van der Waals surface area (Å²) in [6.45, 7) is 4.41. The third kappa shape index (κ3) is 4.36. The zero-order valence-electron chi connectivity index (χ0n) is 15.5. The second-order valence-electron chi connectivity index (χ2n) is 6.19. The molecule has 0 atom stereocenters. The predicted octanol–water partition coefficient (Wildman–Crippen LogP) is 0.299. The largest absolute Gasteiger partial charge is 0.481 e. The van der Waals surface area contributed by atoms with Gasteiger partial charge in [0.15, 0.2) is 5.69 Å². The summed E-state index contributed by atoms with van der Waals surface area (Å²) in [6.07, 6.45) is 2.88. The normalized spacial score (nSPS) is 14.1. The van der Waals surface area contributed by atoms with Crippen molar-refractivity contribution >= 4 is 23.5 Å². The number of carboxylic acid groups (broad SMARTS) is 1. The van der Waals surface area contributed by atoms with Crippen LogP contribution in [0.5, 0.6) is 0 Å². The first-order valence-corrected chi connectivity index (χ1v) is 8.99. The maximum Gasteiger partial charge on any atom is 0.305 e. The summed E-state index contributed by atoms with van der Waals surface area (Å²) in [5.41, 5.74) is 0.742. The monoisotopic (exact) mass is 390 g/mol. The molecule has 0 radical (unpaired) electrons. The Morgan fingerprint density at radius 1 is 1.29 bits per heavy atom. The maximum atomic E-state index is 12.9. The van der Waals surface area contributed by atoms with Gasteiger partial charge in [-0.3, -0.25) is 23.7 Å². The minimum absolute atomic E-state index is 0.0930. The van der Waals surface area contributed by atoms with Crippen molar-refractivity contribution in [3.63, 3.8) is 0 Å². The van der Waals surface area contributed by atoms with E-state index in [1.165, 1.54) is 23.1 Å². The van der Waals surface area contributed by atoms with Gasteiger partial charge in [-0.25, -0.2) is 0 Å². The van der Waals surface area contributed by atoms with Crippen LogP contribution in [0, 0.1) is 0 Å². The van der Waals surface area contributed by atoms with E-state index in [2.05, 4.69) is 15.5 Å². The number of rotatable bonds is 7. The number of hydrogen-bond donors (Lipinski definition) is 2. The summed E-state index contributed by atoms with van der Waals surface area (Å²) in [6, 6.07) is 1.49. The van der Waals surface area contributed by atoms with Crippen molar-refractivity contribution in [1.29, 1.82) is 0 Å². The summed E-state index contributed by atoms with van der Waals surface area (Å²) in [5.74, 6) is -1.66. The Labute approximate surface area is 160 Å². The molecule has 3 rings (SSSR count). The van der Waals surface area contributed by atoms with Crippen LogP contribution in [0.3, 0.4) is 0 Å². The van der Waals surface area contributed by atoms with Gasteiger partial charge < -0.3 is 20.1 Å². The standard InChI is InChI=1S/C17H22N6O5/c1-2-23-15(17(27)21-7-9-28-10-8-21)13(11-18-23)19-16(26)12-3-5-22(20-12)6-4-14(24)25/h3,5,11H,2,4,6-10H2,1H3,(H,19,26)(H,24,25). The SMILES string of the molecule is CCn1ncc(NC(=O)c2ccn(CCC(=O)O)n2)c1C(=O)N1CCOCC1. The zero-order valence-corrected chi connectivity index (χ0v) is 15.5. The molecule has 0 unspecified atom stereocenters. The average molecular weight is 390 g/mol. The number of morpholine rings is 1. The second kappa shape index (κ2) is 8.65. The molecule has 11 nitrogen and oxygen atoms in total. The van der Waals surface area contributed by atoms with Gasteiger partial charge in [-0.05, 0) is 13.0 Å². The highest BCUT2D eigenvalue weighted by Crippen LogP contribution is 2.19. The van der Waals surface area contributed by atoms with Gasteiger partial charge in [0.1, 0.15) is 5.69 Å². The molecule has 2 aromatic heterocycles. The highest BCUT2D eigenvalue weighted by molar-refractivity contribution is 6.07. The van der Waals surface area contributed by atoms with Crippen LogP contribution >= 0.6 is 0 Å². The van der Waals surface area contributed by atoms with Crippen LogP contribution in [0.25, 0.3) is 0 Å². The van der Waals surface area contributed by atoms with Crippen LogP contribution in [0.2, 0.25) is 0 Å². The van der Waals surface area contributed by atoms with Crippen molar-refractivity contribution in [2.45, 2.75) is 26.4 Å². The first-order chi connectivity index (χ1) is 13.5. The van der Waals surface area contributed by atoms with Crippen LogP contribution in [-0.4, -0.2) is 73.7 Å². The molecule has 2 amide bonds. The number of aryl methyl sites for hydroxylation is 2. The fourth-order valence-corrected chi connectivity index (χ4v) is 2.86. The highest BCUT2D eigenvalue weighted by atomic mass is 16.5. The summed E-state index contributed by atoms with van der Waals surface area (Å²) >= 11 is 0. The van der Waals surface area contributed by atoms with Gasteiger partial charge >= 0.3 is 5.97 Å². The average Bonchev–Trinajstić information content (AvgIpc) is 3.33. The topological polar surface area (TPSA) is 132 Å². The molecule has 0 aliphatic carbocycles. The number of ether oxygens (including phenoxy) is 1. The van der Waals surface area contributed by atoms with Crippen molar-refractivity contribution in [3.05, 3.63) is 29.8 Å². The Balaban J connectivity index is 1.75. The molecule has 28 heavy (non-hydrogen) atoms. The van der Waals surface area contributed by atoms with E-state index >= 15 is 0 Å². The molecule has 0 spiro atoms. The number of carbonyl (C=O) groups is 3. The minimum Gasteiger partial charge on any atom is -0.481 e. The molecule has 150 valence electrons. The Kier molecular flexibility index (Phi) is 6.04. The van der Waals surface area contributed by atoms with Crippen LogP contribution in [0.4, 0.5) is 5.69 Å². The van der Waals surface area contributed by atoms with E-state index in [1.807, 2.05) is 6.92 Å². The molecular weight excluding hydrogens is 368 g/mol. The molecule has 3 heterocycles. The number of carbonyl (C=O) groups excluding carboxylic acids is 2. The van der Waals surface area contributed by atoms with E-state index in [0.717, 1.165) is 0 Å². The van der Waals surface area contributed by atoms with E-state index < -0.39 is 11.9 Å². The quantitative estimate of drug-likeness (QED) is 0.695. The first kappa shape index (κ1) is 19.5. The molecule has 1 aliphatic rings. The van der Waals surface area contributed by atoms with Gasteiger partial charge in [-0.1, -0.05) is 0 Å². The Morgan fingerprint density at radius 2 is 2.04 bits per heavy atom. The van der Waals surface area contributed by atoms with Crippen LogP contribution in [0.1, 0.15) is 34.3 Å². The van der Waals surface area contributed by atoms with Crippen LogP contribution in [0.15, 0.2) is 18.5 Å². The number of anilines is 1. The molecular formula is C17H22N6O5. The fourth-order valence-electron chi connectivity index (χ4n) is 2.86. The minimum atomic E-state index is -0.945. The van der Waals surface area contributed by atoms with E-state index in [0.29, 0.717) is 44.2 Å². The van der Waals surface area contributed by atoms with Gasteiger partial charge in [0.05, 0.1) is 38.1 Å². The third-order valence-electron chi connectivity index (χ3n) is 4.32. The summed E-state index contributed by atoms with van der Waals surface area (Å²) in [5, 5.41) is 19.7. The Hall–Kier alpha value is -3.21.